The van der Waals surface area contributed by atoms with E-state index < -0.39 is 11.8 Å². The summed E-state index contributed by atoms with van der Waals surface area (Å²) in [6.45, 7) is 1.77. The smallest absolute Gasteiger partial charge is 0.228 e. The molecule has 2 unspecified atom stereocenters. The number of likely N-dealkylation sites (N-methyl/N-ethyl adjacent to an activating group) is 1. The molecule has 7 heteroatoms. The minimum atomic E-state index is -0.550. The predicted molar refractivity (Wildman–Crippen MR) is 110 cm³/mol. The van der Waals surface area contributed by atoms with Gasteiger partial charge in [-0.1, -0.05) is 43.0 Å². The molecule has 27 heavy (non-hydrogen) atoms. The molecule has 0 spiro atoms. The van der Waals surface area contributed by atoms with Gasteiger partial charge in [0.2, 0.25) is 11.8 Å². The van der Waals surface area contributed by atoms with Crippen molar-refractivity contribution in [1.29, 1.82) is 0 Å². The van der Waals surface area contributed by atoms with Crippen molar-refractivity contribution in [1.82, 2.24) is 15.6 Å². The van der Waals surface area contributed by atoms with Gasteiger partial charge in [0.15, 0.2) is 4.34 Å². The topological polar surface area (TPSA) is 71.1 Å². The highest BCUT2D eigenvalue weighted by atomic mass is 32.2. The highest BCUT2D eigenvalue weighted by Gasteiger charge is 2.30. The van der Waals surface area contributed by atoms with E-state index in [1.54, 1.807) is 44.1 Å². The number of nitrogens with zero attached hydrogens (tertiary/aromatic N) is 1. The van der Waals surface area contributed by atoms with Crippen molar-refractivity contribution in [2.45, 2.75) is 22.1 Å². The molecular formula is C20H21N3O2S2. The Balaban J connectivity index is 1.90. The molecule has 3 rings (SSSR count). The summed E-state index contributed by atoms with van der Waals surface area (Å²) in [7, 11) is 3.17. The largest absolute Gasteiger partial charge is 0.359 e. The average Bonchev–Trinajstić information content (AvgIpc) is 3.09. The molecule has 0 aliphatic rings. The Kier molecular flexibility index (Phi) is 6.13. The second-order valence-corrected chi connectivity index (χ2v) is 8.47. The first-order valence-electron chi connectivity index (χ1n) is 8.60. The van der Waals surface area contributed by atoms with E-state index in [9.17, 15) is 9.59 Å². The Hall–Kier alpha value is -2.38. The molecule has 0 radical (unpaired) electrons. The molecule has 0 bridgehead atoms. The lowest BCUT2D eigenvalue weighted by atomic mass is 9.86. The zero-order valence-electron chi connectivity index (χ0n) is 15.4. The van der Waals surface area contributed by atoms with Crippen molar-refractivity contribution >= 4 is 45.1 Å². The summed E-state index contributed by atoms with van der Waals surface area (Å²) in [6.07, 6.45) is 0. The van der Waals surface area contributed by atoms with Crippen LogP contribution in [0.5, 0.6) is 0 Å². The molecule has 3 aromatic rings. The lowest BCUT2D eigenvalue weighted by molar-refractivity contribution is -0.130. The second-order valence-electron chi connectivity index (χ2n) is 6.12. The third kappa shape index (κ3) is 4.31. The maximum atomic E-state index is 12.5. The number of para-hydroxylation sites is 1. The minimum absolute atomic E-state index is 0.159. The molecule has 0 fully saturated rings. The molecule has 140 valence electrons. The van der Waals surface area contributed by atoms with Crippen molar-refractivity contribution < 1.29 is 9.59 Å². The Morgan fingerprint density at radius 2 is 1.78 bits per heavy atom. The fraction of sp³-hybridized carbons (Fsp3) is 0.250. The van der Waals surface area contributed by atoms with Crippen LogP contribution in [0.4, 0.5) is 0 Å². The number of carbonyl (C=O) groups excluding carboxylic acids is 2. The summed E-state index contributed by atoms with van der Waals surface area (Å²) >= 11 is 3.21. The van der Waals surface area contributed by atoms with Crippen molar-refractivity contribution in [2.24, 2.45) is 5.92 Å². The first kappa shape index (κ1) is 19.4. The van der Waals surface area contributed by atoms with Crippen LogP contribution in [0.15, 0.2) is 57.8 Å². The summed E-state index contributed by atoms with van der Waals surface area (Å²) in [5.74, 6) is -1.36. The van der Waals surface area contributed by atoms with E-state index in [4.69, 9.17) is 0 Å². The van der Waals surface area contributed by atoms with Gasteiger partial charge in [0.1, 0.15) is 0 Å². The van der Waals surface area contributed by atoms with E-state index in [0.29, 0.717) is 0 Å². The van der Waals surface area contributed by atoms with E-state index in [-0.39, 0.29) is 11.8 Å². The zero-order chi connectivity index (χ0) is 19.4. The van der Waals surface area contributed by atoms with Gasteiger partial charge in [0, 0.05) is 19.0 Å². The fourth-order valence-electron chi connectivity index (χ4n) is 2.97. The van der Waals surface area contributed by atoms with Crippen LogP contribution in [0.2, 0.25) is 0 Å². The number of thiazole rings is 1. The molecule has 2 aromatic carbocycles. The number of nitrogens with one attached hydrogen (secondary N) is 2. The average molecular weight is 400 g/mol. The SMILES string of the molecule is CNC(=O)C(C)C(C(=O)NC)c1cccc(Sc2nc3ccccc3s2)c1. The van der Waals surface area contributed by atoms with E-state index in [1.165, 1.54) is 0 Å². The van der Waals surface area contributed by atoms with E-state index in [2.05, 4.69) is 21.7 Å². The number of hydrogen-bond acceptors (Lipinski definition) is 5. The van der Waals surface area contributed by atoms with Crippen LogP contribution in [0, 0.1) is 5.92 Å². The Morgan fingerprint density at radius 3 is 2.48 bits per heavy atom. The van der Waals surface area contributed by atoms with Gasteiger partial charge in [-0.15, -0.1) is 11.3 Å². The first-order valence-corrected chi connectivity index (χ1v) is 10.2. The molecule has 0 saturated carbocycles. The standard InChI is InChI=1S/C20H21N3O2S2/c1-12(18(24)21-2)17(19(25)22-3)13-7-6-8-14(11-13)26-20-23-15-9-4-5-10-16(15)27-20/h4-12,17H,1-3H3,(H,21,24)(H,22,25). The maximum absolute atomic E-state index is 12.5. The first-order chi connectivity index (χ1) is 13.0. The fourth-order valence-corrected chi connectivity index (χ4v) is 5.08. The van der Waals surface area contributed by atoms with Gasteiger partial charge < -0.3 is 10.6 Å². The lowest BCUT2D eigenvalue weighted by Crippen LogP contribution is -2.37. The number of rotatable bonds is 6. The van der Waals surface area contributed by atoms with Crippen LogP contribution in [-0.4, -0.2) is 30.9 Å². The number of carbonyl (C=O) groups is 2. The molecule has 0 aliphatic carbocycles. The molecule has 2 amide bonds. The van der Waals surface area contributed by atoms with Crippen molar-refractivity contribution in [2.75, 3.05) is 14.1 Å². The summed E-state index contributed by atoms with van der Waals surface area (Å²) < 4.78 is 2.09. The van der Waals surface area contributed by atoms with Gasteiger partial charge in [0.25, 0.3) is 0 Å². The van der Waals surface area contributed by atoms with Crippen LogP contribution in [0.1, 0.15) is 18.4 Å². The monoisotopic (exact) mass is 399 g/mol. The van der Waals surface area contributed by atoms with Crippen LogP contribution >= 0.6 is 23.1 Å². The van der Waals surface area contributed by atoms with Crippen molar-refractivity contribution in [3.63, 3.8) is 0 Å². The third-order valence-electron chi connectivity index (χ3n) is 4.39. The maximum Gasteiger partial charge on any atom is 0.228 e. The van der Waals surface area contributed by atoms with Gasteiger partial charge >= 0.3 is 0 Å². The van der Waals surface area contributed by atoms with E-state index in [1.807, 2.05) is 42.5 Å². The molecule has 2 atom stereocenters. The van der Waals surface area contributed by atoms with Gasteiger partial charge in [-0.25, -0.2) is 4.98 Å². The Labute approximate surface area is 166 Å². The van der Waals surface area contributed by atoms with Crippen molar-refractivity contribution in [3.8, 4) is 0 Å². The number of hydrogen-bond donors (Lipinski definition) is 2. The van der Waals surface area contributed by atoms with Gasteiger partial charge in [-0.05, 0) is 29.8 Å². The predicted octanol–water partition coefficient (Wildman–Crippen LogP) is 3.66. The number of amides is 2. The quantitative estimate of drug-likeness (QED) is 0.664. The van der Waals surface area contributed by atoms with Crippen LogP contribution in [0.3, 0.4) is 0 Å². The second kappa shape index (κ2) is 8.54. The van der Waals surface area contributed by atoms with Gasteiger partial charge in [0.05, 0.1) is 22.1 Å². The Bertz CT molecular complexity index is 938. The summed E-state index contributed by atoms with van der Waals surface area (Å²) in [4.78, 5) is 30.2. The highest BCUT2D eigenvalue weighted by molar-refractivity contribution is 8.01. The number of fused-ring (bicyclic) bond motifs is 1. The van der Waals surface area contributed by atoms with Gasteiger partial charge in [-0.2, -0.15) is 0 Å². The highest BCUT2D eigenvalue weighted by Crippen LogP contribution is 2.36. The molecule has 0 saturated heterocycles. The number of benzene rings is 2. The summed E-state index contributed by atoms with van der Waals surface area (Å²) in [6, 6.07) is 15.8. The van der Waals surface area contributed by atoms with Crippen LogP contribution < -0.4 is 10.6 Å². The van der Waals surface area contributed by atoms with Crippen LogP contribution in [0.25, 0.3) is 10.2 Å². The summed E-state index contributed by atoms with van der Waals surface area (Å²) in [5.41, 5.74) is 1.80. The third-order valence-corrected chi connectivity index (χ3v) is 6.47. The molecule has 0 aliphatic heterocycles. The molecule has 5 nitrogen and oxygen atoms in total. The summed E-state index contributed by atoms with van der Waals surface area (Å²) in [5, 5.41) is 5.31. The normalized spacial score (nSPS) is 13.1. The molecular weight excluding hydrogens is 378 g/mol. The van der Waals surface area contributed by atoms with Gasteiger partial charge in [-0.3, -0.25) is 9.59 Å². The van der Waals surface area contributed by atoms with E-state index >= 15 is 0 Å². The molecule has 2 N–H and O–H groups in total. The van der Waals surface area contributed by atoms with Crippen molar-refractivity contribution in [3.05, 3.63) is 54.1 Å². The Morgan fingerprint density at radius 1 is 1.04 bits per heavy atom. The minimum Gasteiger partial charge on any atom is -0.359 e. The molecule has 1 aromatic heterocycles. The number of aromatic nitrogens is 1. The van der Waals surface area contributed by atoms with E-state index in [0.717, 1.165) is 25.0 Å². The zero-order valence-corrected chi connectivity index (χ0v) is 17.0. The molecule has 1 heterocycles. The van der Waals surface area contributed by atoms with Crippen LogP contribution in [-0.2, 0) is 9.59 Å². The lowest BCUT2D eigenvalue weighted by Gasteiger charge is -2.22.